The minimum Gasteiger partial charge on any atom is -0.326 e. The minimum absolute atomic E-state index is 0.0852. The predicted octanol–water partition coefficient (Wildman–Crippen LogP) is 3.48. The number of hydrogen-bond donors (Lipinski definition) is 2. The lowest BCUT2D eigenvalue weighted by Crippen LogP contribution is -2.20. The molecular weight excluding hydrogens is 314 g/mol. The van der Waals surface area contributed by atoms with E-state index in [1.165, 1.54) is 5.56 Å². The van der Waals surface area contributed by atoms with Crippen LogP contribution in [0.15, 0.2) is 47.6 Å². The van der Waals surface area contributed by atoms with Crippen molar-refractivity contribution in [1.29, 1.82) is 0 Å². The van der Waals surface area contributed by atoms with Crippen LogP contribution in [0.4, 0.5) is 5.69 Å². The fraction of sp³-hybridized carbons (Fsp3) is 0.250. The zero-order chi connectivity index (χ0) is 18.2. The van der Waals surface area contributed by atoms with Gasteiger partial charge in [0.2, 0.25) is 11.8 Å². The molecule has 0 aromatic heterocycles. The summed E-state index contributed by atoms with van der Waals surface area (Å²) in [4.78, 5) is 23.6. The van der Waals surface area contributed by atoms with Crippen molar-refractivity contribution < 1.29 is 9.59 Å². The molecular formula is C20H23N3O2. The van der Waals surface area contributed by atoms with Gasteiger partial charge < -0.3 is 5.32 Å². The third kappa shape index (κ3) is 5.88. The van der Waals surface area contributed by atoms with Crippen LogP contribution in [0.1, 0.15) is 35.1 Å². The van der Waals surface area contributed by atoms with Crippen LogP contribution in [0.3, 0.4) is 0 Å². The molecule has 0 radical (unpaired) electrons. The highest BCUT2D eigenvalue weighted by Crippen LogP contribution is 2.14. The Kier molecular flexibility index (Phi) is 6.46. The van der Waals surface area contributed by atoms with Gasteiger partial charge in [-0.15, -0.1) is 0 Å². The molecule has 130 valence electrons. The lowest BCUT2D eigenvalue weighted by atomic mass is 10.0. The van der Waals surface area contributed by atoms with E-state index in [-0.39, 0.29) is 24.7 Å². The molecule has 5 heteroatoms. The number of anilines is 1. The first-order valence-electron chi connectivity index (χ1n) is 8.20. The maximum atomic E-state index is 11.8. The Balaban J connectivity index is 1.80. The molecule has 0 saturated heterocycles. The van der Waals surface area contributed by atoms with Gasteiger partial charge in [-0.1, -0.05) is 35.9 Å². The summed E-state index contributed by atoms with van der Waals surface area (Å²) in [6.07, 6.45) is 1.84. The molecule has 0 unspecified atom stereocenters. The highest BCUT2D eigenvalue weighted by Gasteiger charge is 2.07. The highest BCUT2D eigenvalue weighted by atomic mass is 16.2. The highest BCUT2D eigenvalue weighted by molar-refractivity contribution is 5.93. The van der Waals surface area contributed by atoms with Crippen molar-refractivity contribution in [2.45, 2.75) is 33.6 Å². The lowest BCUT2D eigenvalue weighted by molar-refractivity contribution is -0.124. The average Bonchev–Trinajstić information content (AvgIpc) is 2.56. The second-order valence-corrected chi connectivity index (χ2v) is 6.02. The number of benzene rings is 2. The van der Waals surface area contributed by atoms with Crippen molar-refractivity contribution in [3.63, 3.8) is 0 Å². The lowest BCUT2D eigenvalue weighted by Gasteiger charge is -2.07. The van der Waals surface area contributed by atoms with E-state index >= 15 is 0 Å². The van der Waals surface area contributed by atoms with E-state index in [0.717, 1.165) is 22.4 Å². The second-order valence-electron chi connectivity index (χ2n) is 6.02. The number of hydrazone groups is 1. The first-order valence-corrected chi connectivity index (χ1v) is 8.20. The second kappa shape index (κ2) is 8.78. The molecule has 2 amide bonds. The van der Waals surface area contributed by atoms with Crippen molar-refractivity contribution in [1.82, 2.24) is 5.43 Å². The van der Waals surface area contributed by atoms with Crippen LogP contribution in [-0.2, 0) is 9.59 Å². The van der Waals surface area contributed by atoms with Gasteiger partial charge in [0.15, 0.2) is 0 Å². The number of carbonyl (C=O) groups excluding carboxylic acids is 2. The fourth-order valence-corrected chi connectivity index (χ4v) is 2.59. The van der Waals surface area contributed by atoms with Crippen LogP contribution < -0.4 is 10.7 Å². The molecule has 0 fully saturated rings. The Morgan fingerprint density at radius 2 is 1.56 bits per heavy atom. The fourth-order valence-electron chi connectivity index (χ4n) is 2.59. The van der Waals surface area contributed by atoms with Gasteiger partial charge in [-0.3, -0.25) is 9.59 Å². The SMILES string of the molecule is Cc1cc(C)c(/C=N/NC(=O)CCC(=O)Nc2ccccc2)c(C)c1. The Bertz CT molecular complexity index is 760. The van der Waals surface area contributed by atoms with Crippen LogP contribution in [0, 0.1) is 20.8 Å². The summed E-state index contributed by atoms with van der Waals surface area (Å²) in [5, 5.41) is 6.74. The molecule has 0 spiro atoms. The molecule has 0 heterocycles. The van der Waals surface area contributed by atoms with Crippen LogP contribution in [-0.4, -0.2) is 18.0 Å². The molecule has 25 heavy (non-hydrogen) atoms. The van der Waals surface area contributed by atoms with Gasteiger partial charge in [0.1, 0.15) is 0 Å². The summed E-state index contributed by atoms with van der Waals surface area (Å²) in [5.74, 6) is -0.488. The normalized spacial score (nSPS) is 10.7. The van der Waals surface area contributed by atoms with Gasteiger partial charge in [0, 0.05) is 24.1 Å². The van der Waals surface area contributed by atoms with Crippen LogP contribution in [0.25, 0.3) is 0 Å². The van der Waals surface area contributed by atoms with Crippen molar-refractivity contribution in [2.75, 3.05) is 5.32 Å². The van der Waals surface area contributed by atoms with E-state index in [2.05, 4.69) is 28.0 Å². The van der Waals surface area contributed by atoms with Crippen molar-refractivity contribution >= 4 is 23.7 Å². The molecule has 0 aliphatic carbocycles. The largest absolute Gasteiger partial charge is 0.326 e. The van der Waals surface area contributed by atoms with Gasteiger partial charge in [-0.05, 0) is 44.0 Å². The maximum Gasteiger partial charge on any atom is 0.240 e. The quantitative estimate of drug-likeness (QED) is 0.626. The van der Waals surface area contributed by atoms with Gasteiger partial charge in [0.25, 0.3) is 0 Å². The van der Waals surface area contributed by atoms with Gasteiger partial charge in [0.05, 0.1) is 6.21 Å². The standard InChI is InChI=1S/C20H23N3O2/c1-14-11-15(2)18(16(3)12-14)13-21-23-20(25)10-9-19(24)22-17-7-5-4-6-8-17/h4-8,11-13H,9-10H2,1-3H3,(H,22,24)(H,23,25)/b21-13+. The Morgan fingerprint density at radius 3 is 2.20 bits per heavy atom. The number of amides is 2. The summed E-state index contributed by atoms with van der Waals surface area (Å²) < 4.78 is 0. The summed E-state index contributed by atoms with van der Waals surface area (Å²) in [6, 6.07) is 13.3. The number of para-hydroxylation sites is 1. The van der Waals surface area contributed by atoms with Gasteiger partial charge in [-0.2, -0.15) is 5.10 Å². The monoisotopic (exact) mass is 337 g/mol. The number of carbonyl (C=O) groups is 2. The third-order valence-corrected chi connectivity index (χ3v) is 3.76. The van der Waals surface area contributed by atoms with Gasteiger partial charge in [-0.25, -0.2) is 5.43 Å². The zero-order valence-corrected chi connectivity index (χ0v) is 14.8. The first-order chi connectivity index (χ1) is 12.0. The molecule has 0 aliphatic rings. The van der Waals surface area contributed by atoms with E-state index in [0.29, 0.717) is 0 Å². The van der Waals surface area contributed by atoms with Gasteiger partial charge >= 0.3 is 0 Å². The Morgan fingerprint density at radius 1 is 0.960 bits per heavy atom. The summed E-state index contributed by atoms with van der Waals surface area (Å²) in [5.41, 5.74) is 7.59. The zero-order valence-electron chi connectivity index (χ0n) is 14.8. The first kappa shape index (κ1) is 18.4. The smallest absolute Gasteiger partial charge is 0.240 e. The molecule has 2 rings (SSSR count). The molecule has 2 aromatic rings. The number of rotatable bonds is 6. The molecule has 0 saturated carbocycles. The van der Waals surface area contributed by atoms with Crippen molar-refractivity contribution in [3.05, 3.63) is 64.7 Å². The molecule has 0 atom stereocenters. The number of nitrogens with one attached hydrogen (secondary N) is 2. The topological polar surface area (TPSA) is 70.6 Å². The van der Waals surface area contributed by atoms with E-state index in [1.54, 1.807) is 18.3 Å². The predicted molar refractivity (Wildman–Crippen MR) is 101 cm³/mol. The van der Waals surface area contributed by atoms with E-state index < -0.39 is 0 Å². The molecule has 2 N–H and O–H groups in total. The molecule has 5 nitrogen and oxygen atoms in total. The number of aryl methyl sites for hydroxylation is 3. The van der Waals surface area contributed by atoms with E-state index in [1.807, 2.05) is 39.0 Å². The third-order valence-electron chi connectivity index (χ3n) is 3.76. The molecule has 2 aromatic carbocycles. The van der Waals surface area contributed by atoms with Crippen molar-refractivity contribution in [3.8, 4) is 0 Å². The summed E-state index contributed by atoms with van der Waals surface area (Å²) in [6.45, 7) is 6.07. The summed E-state index contributed by atoms with van der Waals surface area (Å²) >= 11 is 0. The van der Waals surface area contributed by atoms with Crippen LogP contribution in [0.5, 0.6) is 0 Å². The van der Waals surface area contributed by atoms with E-state index in [4.69, 9.17) is 0 Å². The average molecular weight is 337 g/mol. The van der Waals surface area contributed by atoms with E-state index in [9.17, 15) is 9.59 Å². The Hall–Kier alpha value is -2.95. The Labute approximate surface area is 148 Å². The molecule has 0 aliphatic heterocycles. The number of hydrogen-bond acceptors (Lipinski definition) is 3. The van der Waals surface area contributed by atoms with Crippen LogP contribution in [0.2, 0.25) is 0 Å². The maximum absolute atomic E-state index is 11.8. The summed E-state index contributed by atoms with van der Waals surface area (Å²) in [7, 11) is 0. The van der Waals surface area contributed by atoms with Crippen LogP contribution >= 0.6 is 0 Å². The minimum atomic E-state index is -0.290. The van der Waals surface area contributed by atoms with Crippen molar-refractivity contribution in [2.24, 2.45) is 5.10 Å². The number of nitrogens with zero attached hydrogens (tertiary/aromatic N) is 1. The molecule has 0 bridgehead atoms.